The van der Waals surface area contributed by atoms with Gasteiger partial charge in [0.25, 0.3) is 10.0 Å². The van der Waals surface area contributed by atoms with Crippen LogP contribution >= 0.6 is 0 Å². The summed E-state index contributed by atoms with van der Waals surface area (Å²) in [6.07, 6.45) is 1.14. The first-order valence-electron chi connectivity index (χ1n) is 13.1. The van der Waals surface area contributed by atoms with Gasteiger partial charge in [-0.25, -0.2) is 8.42 Å². The van der Waals surface area contributed by atoms with Gasteiger partial charge in [-0.2, -0.15) is 0 Å². The summed E-state index contributed by atoms with van der Waals surface area (Å²) in [5.74, 6) is -0.188. The van der Waals surface area contributed by atoms with Crippen LogP contribution in [0.4, 0.5) is 5.69 Å². The van der Waals surface area contributed by atoms with Gasteiger partial charge in [-0.15, -0.1) is 0 Å². The van der Waals surface area contributed by atoms with Crippen LogP contribution in [-0.4, -0.2) is 51.4 Å². The van der Waals surface area contributed by atoms with Gasteiger partial charge in [0.05, 0.1) is 17.7 Å². The highest BCUT2D eigenvalue weighted by Crippen LogP contribution is 2.27. The van der Waals surface area contributed by atoms with Crippen LogP contribution < -0.4 is 14.4 Å². The van der Waals surface area contributed by atoms with Crippen molar-refractivity contribution >= 4 is 27.5 Å². The van der Waals surface area contributed by atoms with Crippen LogP contribution in [0.2, 0.25) is 0 Å². The van der Waals surface area contributed by atoms with Crippen molar-refractivity contribution in [2.75, 3.05) is 24.5 Å². The number of methoxy groups -OCH3 is 1. The van der Waals surface area contributed by atoms with Crippen LogP contribution in [0.25, 0.3) is 0 Å². The molecular weight excluding hydrogens is 514 g/mol. The summed E-state index contributed by atoms with van der Waals surface area (Å²) in [4.78, 5) is 28.6. The lowest BCUT2D eigenvalue weighted by Crippen LogP contribution is -2.52. The zero-order valence-corrected chi connectivity index (χ0v) is 23.8. The van der Waals surface area contributed by atoms with E-state index in [2.05, 4.69) is 5.32 Å². The third kappa shape index (κ3) is 7.60. The molecule has 1 unspecified atom stereocenters. The number of amides is 2. The maximum atomic E-state index is 14.0. The Morgan fingerprint density at radius 1 is 0.923 bits per heavy atom. The molecule has 0 saturated heterocycles. The molecule has 0 aliphatic heterocycles. The highest BCUT2D eigenvalue weighted by molar-refractivity contribution is 7.92. The van der Waals surface area contributed by atoms with Crippen molar-refractivity contribution < 1.29 is 22.7 Å². The predicted octanol–water partition coefficient (Wildman–Crippen LogP) is 4.53. The smallest absolute Gasteiger partial charge is 0.264 e. The fraction of sp³-hybridized carbons (Fsp3) is 0.333. The molecule has 2 amide bonds. The van der Waals surface area contributed by atoms with Crippen molar-refractivity contribution in [3.8, 4) is 5.75 Å². The van der Waals surface area contributed by atoms with Crippen molar-refractivity contribution in [1.82, 2.24) is 10.2 Å². The summed E-state index contributed by atoms with van der Waals surface area (Å²) in [5, 5.41) is 2.88. The Balaban J connectivity index is 2.04. The summed E-state index contributed by atoms with van der Waals surface area (Å²) < 4.78 is 34.1. The van der Waals surface area contributed by atoms with E-state index in [1.54, 1.807) is 36.4 Å². The second-order valence-electron chi connectivity index (χ2n) is 9.25. The van der Waals surface area contributed by atoms with E-state index in [0.29, 0.717) is 24.4 Å². The Labute approximate surface area is 231 Å². The number of hydrogen-bond donors (Lipinski definition) is 1. The van der Waals surface area contributed by atoms with Crippen LogP contribution in [-0.2, 0) is 26.2 Å². The molecule has 0 aromatic heterocycles. The first-order valence-corrected chi connectivity index (χ1v) is 14.5. The van der Waals surface area contributed by atoms with Crippen LogP contribution in [0.3, 0.4) is 0 Å². The van der Waals surface area contributed by atoms with Gasteiger partial charge >= 0.3 is 0 Å². The van der Waals surface area contributed by atoms with Crippen LogP contribution in [0.1, 0.15) is 37.8 Å². The van der Waals surface area contributed by atoms with Gasteiger partial charge in [0.15, 0.2) is 0 Å². The van der Waals surface area contributed by atoms with Crippen LogP contribution in [0, 0.1) is 6.92 Å². The van der Waals surface area contributed by atoms with Crippen molar-refractivity contribution in [1.29, 1.82) is 0 Å². The van der Waals surface area contributed by atoms with Crippen molar-refractivity contribution in [3.63, 3.8) is 0 Å². The van der Waals surface area contributed by atoms with E-state index in [1.165, 1.54) is 24.1 Å². The van der Waals surface area contributed by atoms with Gasteiger partial charge in [-0.1, -0.05) is 61.9 Å². The van der Waals surface area contributed by atoms with Crippen LogP contribution in [0.15, 0.2) is 83.8 Å². The molecule has 9 heteroatoms. The van der Waals surface area contributed by atoms with E-state index in [0.717, 1.165) is 21.9 Å². The van der Waals surface area contributed by atoms with E-state index in [1.807, 2.05) is 51.1 Å². The fourth-order valence-corrected chi connectivity index (χ4v) is 5.59. The molecule has 3 aromatic carbocycles. The lowest BCUT2D eigenvalue weighted by atomic mass is 10.1. The standard InChI is InChI=1S/C30H37N3O5S/c1-5-20-31-30(35)28(6-2)32(21-24-10-8-7-9-11-24)29(34)22-33(25-14-16-26(38-4)17-15-25)39(36,37)27-18-12-23(3)13-19-27/h7-19,28H,5-6,20-22H2,1-4H3,(H,31,35). The Morgan fingerprint density at radius 2 is 1.56 bits per heavy atom. The first kappa shape index (κ1) is 29.7. The average molecular weight is 552 g/mol. The topological polar surface area (TPSA) is 96.0 Å². The Bertz CT molecular complexity index is 1330. The first-order chi connectivity index (χ1) is 18.7. The van der Waals surface area contributed by atoms with E-state index in [4.69, 9.17) is 4.74 Å². The monoisotopic (exact) mass is 551 g/mol. The fourth-order valence-electron chi connectivity index (χ4n) is 4.18. The van der Waals surface area contributed by atoms with Crippen LogP contribution in [0.5, 0.6) is 5.75 Å². The second kappa shape index (κ2) is 13.8. The Hall–Kier alpha value is -3.85. The lowest BCUT2D eigenvalue weighted by molar-refractivity contribution is -0.140. The molecule has 0 fully saturated rings. The minimum Gasteiger partial charge on any atom is -0.497 e. The highest BCUT2D eigenvalue weighted by Gasteiger charge is 2.33. The number of carbonyl (C=O) groups is 2. The Morgan fingerprint density at radius 3 is 2.13 bits per heavy atom. The molecule has 0 aliphatic rings. The molecule has 0 aliphatic carbocycles. The lowest BCUT2D eigenvalue weighted by Gasteiger charge is -2.33. The molecule has 1 atom stereocenters. The number of anilines is 1. The molecule has 0 bridgehead atoms. The van der Waals surface area contributed by atoms with Gasteiger partial charge in [-0.3, -0.25) is 13.9 Å². The van der Waals surface area contributed by atoms with E-state index in [9.17, 15) is 18.0 Å². The largest absolute Gasteiger partial charge is 0.497 e. The number of benzene rings is 3. The summed E-state index contributed by atoms with van der Waals surface area (Å²) in [6.45, 7) is 5.84. The molecule has 1 N–H and O–H groups in total. The molecule has 0 saturated carbocycles. The summed E-state index contributed by atoms with van der Waals surface area (Å²) in [7, 11) is -2.59. The number of sulfonamides is 1. The minimum absolute atomic E-state index is 0.0686. The molecule has 39 heavy (non-hydrogen) atoms. The number of hydrogen-bond acceptors (Lipinski definition) is 5. The molecule has 8 nitrogen and oxygen atoms in total. The van der Waals surface area contributed by atoms with Gasteiger partial charge in [0, 0.05) is 13.1 Å². The average Bonchev–Trinajstić information content (AvgIpc) is 2.95. The summed E-state index contributed by atoms with van der Waals surface area (Å²) in [5.41, 5.74) is 2.07. The summed E-state index contributed by atoms with van der Waals surface area (Å²) >= 11 is 0. The molecule has 3 aromatic rings. The zero-order chi connectivity index (χ0) is 28.4. The molecule has 0 spiro atoms. The number of nitrogens with zero attached hydrogens (tertiary/aromatic N) is 2. The highest BCUT2D eigenvalue weighted by atomic mass is 32.2. The van der Waals surface area contributed by atoms with E-state index >= 15 is 0 Å². The van der Waals surface area contributed by atoms with Gasteiger partial charge < -0.3 is 15.0 Å². The van der Waals surface area contributed by atoms with E-state index in [-0.39, 0.29) is 17.3 Å². The minimum atomic E-state index is -4.11. The maximum absolute atomic E-state index is 14.0. The third-order valence-corrected chi connectivity index (χ3v) is 8.17. The third-order valence-electron chi connectivity index (χ3n) is 6.38. The maximum Gasteiger partial charge on any atom is 0.264 e. The normalized spacial score (nSPS) is 11.9. The molecule has 3 rings (SSSR count). The number of rotatable bonds is 13. The molecule has 0 radical (unpaired) electrons. The quantitative estimate of drug-likeness (QED) is 0.337. The molecular formula is C30H37N3O5S. The molecule has 0 heterocycles. The van der Waals surface area contributed by atoms with Crippen molar-refractivity contribution in [2.24, 2.45) is 0 Å². The molecule has 208 valence electrons. The van der Waals surface area contributed by atoms with Crippen molar-refractivity contribution in [2.45, 2.75) is 51.1 Å². The predicted molar refractivity (Wildman–Crippen MR) is 153 cm³/mol. The van der Waals surface area contributed by atoms with E-state index < -0.39 is 28.5 Å². The SMILES string of the molecule is CCCNC(=O)C(CC)N(Cc1ccccc1)C(=O)CN(c1ccc(OC)cc1)S(=O)(=O)c1ccc(C)cc1. The summed E-state index contributed by atoms with van der Waals surface area (Å²) in [6, 6.07) is 21.6. The number of aryl methyl sites for hydroxylation is 1. The Kier molecular flexibility index (Phi) is 10.5. The van der Waals surface area contributed by atoms with Crippen molar-refractivity contribution in [3.05, 3.63) is 90.0 Å². The zero-order valence-electron chi connectivity index (χ0n) is 23.0. The number of nitrogens with one attached hydrogen (secondary N) is 1. The number of ether oxygens (including phenoxy) is 1. The van der Waals surface area contributed by atoms with Gasteiger partial charge in [0.1, 0.15) is 18.3 Å². The second-order valence-corrected chi connectivity index (χ2v) is 11.1. The van der Waals surface area contributed by atoms with Gasteiger partial charge in [0.2, 0.25) is 11.8 Å². The van der Waals surface area contributed by atoms with Gasteiger partial charge in [-0.05, 0) is 61.7 Å². The number of carbonyl (C=O) groups excluding carboxylic acids is 2.